The molecule has 0 aromatic heterocycles. The monoisotopic (exact) mass is 222 g/mol. The third-order valence-electron chi connectivity index (χ3n) is 2.86. The van der Waals surface area contributed by atoms with Gasteiger partial charge in [0.25, 0.3) is 0 Å². The van der Waals surface area contributed by atoms with Crippen molar-refractivity contribution >= 4 is 5.97 Å². The summed E-state index contributed by atoms with van der Waals surface area (Å²) in [4.78, 5) is 12.8. The summed E-state index contributed by atoms with van der Waals surface area (Å²) < 4.78 is 12.9. The molecule has 1 fully saturated rings. The first-order chi connectivity index (χ1) is 7.65. The van der Waals surface area contributed by atoms with Crippen LogP contribution >= 0.6 is 0 Å². The molecule has 2 rings (SSSR count). The van der Waals surface area contributed by atoms with Crippen LogP contribution in [0.1, 0.15) is 12.0 Å². The summed E-state index contributed by atoms with van der Waals surface area (Å²) in [6, 6.07) is 7.24. The van der Waals surface area contributed by atoms with Crippen molar-refractivity contribution in [3.63, 3.8) is 0 Å². The number of likely N-dealkylation sites (tertiary alicyclic amines) is 1. The van der Waals surface area contributed by atoms with E-state index in [1.54, 1.807) is 12.1 Å². The van der Waals surface area contributed by atoms with Gasteiger partial charge in [-0.15, -0.1) is 0 Å². The minimum absolute atomic E-state index is 0.278. The van der Waals surface area contributed by atoms with Crippen molar-refractivity contribution in [2.75, 3.05) is 13.1 Å². The summed E-state index contributed by atoms with van der Waals surface area (Å²) in [6.07, 6.45) is 0.677. The fourth-order valence-electron chi connectivity index (χ4n) is 2.02. The predicted octanol–water partition coefficient (Wildman–Crippen LogP) is 1.53. The molecule has 4 heteroatoms. The quantitative estimate of drug-likeness (QED) is 0.843. The Balaban J connectivity index is 1.94. The van der Waals surface area contributed by atoms with E-state index in [9.17, 15) is 9.18 Å². The van der Waals surface area contributed by atoms with Crippen molar-refractivity contribution < 1.29 is 14.3 Å². The van der Waals surface area contributed by atoms with E-state index < -0.39 is 5.97 Å². The number of carbonyl (C=O) groups is 1. The zero-order valence-corrected chi connectivity index (χ0v) is 8.82. The second kappa shape index (κ2) is 4.61. The van der Waals surface area contributed by atoms with Crippen LogP contribution in [-0.2, 0) is 11.3 Å². The summed E-state index contributed by atoms with van der Waals surface area (Å²) in [5.41, 5.74) is 0.863. The SMILES string of the molecule is O=C(O)[C@@H]1CCN(Cc2cc[c]c(F)c2)C1. The van der Waals surface area contributed by atoms with Crippen LogP contribution in [0, 0.1) is 17.8 Å². The summed E-state index contributed by atoms with van der Waals surface area (Å²) in [5, 5.41) is 8.85. The summed E-state index contributed by atoms with van der Waals surface area (Å²) >= 11 is 0. The fraction of sp³-hybridized carbons (Fsp3) is 0.417. The Morgan fingerprint density at radius 2 is 2.50 bits per heavy atom. The Kier molecular flexibility index (Phi) is 3.19. The molecule has 0 saturated carbocycles. The molecule has 0 unspecified atom stereocenters. The van der Waals surface area contributed by atoms with Crippen molar-refractivity contribution in [3.8, 4) is 0 Å². The molecule has 1 aromatic rings. The van der Waals surface area contributed by atoms with Crippen LogP contribution in [0.15, 0.2) is 18.2 Å². The number of hydrogen-bond acceptors (Lipinski definition) is 2. The highest BCUT2D eigenvalue weighted by atomic mass is 19.1. The van der Waals surface area contributed by atoms with Gasteiger partial charge in [-0.3, -0.25) is 9.69 Å². The van der Waals surface area contributed by atoms with Gasteiger partial charge in [0.1, 0.15) is 5.82 Å². The van der Waals surface area contributed by atoms with Gasteiger partial charge < -0.3 is 5.11 Å². The smallest absolute Gasteiger partial charge is 0.307 e. The number of halogens is 1. The van der Waals surface area contributed by atoms with Gasteiger partial charge in [-0.1, -0.05) is 12.1 Å². The molecule has 0 spiro atoms. The van der Waals surface area contributed by atoms with Crippen LogP contribution in [0.3, 0.4) is 0 Å². The van der Waals surface area contributed by atoms with E-state index in [-0.39, 0.29) is 11.7 Å². The Morgan fingerprint density at radius 1 is 1.69 bits per heavy atom. The van der Waals surface area contributed by atoms with E-state index in [2.05, 4.69) is 6.07 Å². The molecule has 1 aliphatic heterocycles. The van der Waals surface area contributed by atoms with E-state index >= 15 is 0 Å². The van der Waals surface area contributed by atoms with Crippen molar-refractivity contribution in [2.45, 2.75) is 13.0 Å². The Morgan fingerprint density at radius 3 is 3.12 bits per heavy atom. The lowest BCUT2D eigenvalue weighted by molar-refractivity contribution is -0.141. The number of aliphatic carboxylic acids is 1. The summed E-state index contributed by atoms with van der Waals surface area (Å²) in [5.74, 6) is -1.39. The number of benzene rings is 1. The third-order valence-corrected chi connectivity index (χ3v) is 2.86. The van der Waals surface area contributed by atoms with Gasteiger partial charge in [0.15, 0.2) is 0 Å². The molecule has 0 aliphatic carbocycles. The second-order valence-corrected chi connectivity index (χ2v) is 4.10. The maximum Gasteiger partial charge on any atom is 0.307 e. The molecule has 0 amide bonds. The maximum atomic E-state index is 12.9. The molecular formula is C12H13FNO2. The minimum atomic E-state index is -0.741. The Hall–Kier alpha value is -1.42. The number of carboxylic acid groups (broad SMARTS) is 1. The lowest BCUT2D eigenvalue weighted by Crippen LogP contribution is -2.22. The standard InChI is InChI=1S/C12H13FNO2/c13-11-3-1-2-9(6-11)7-14-5-4-10(8-14)12(15)16/h1-2,6,10H,4-5,7-8H2,(H,15,16)/t10-/m1/s1. The Bertz CT molecular complexity index is 394. The van der Waals surface area contributed by atoms with E-state index in [0.717, 1.165) is 12.1 Å². The lowest BCUT2D eigenvalue weighted by Gasteiger charge is -2.14. The molecule has 1 atom stereocenters. The molecule has 16 heavy (non-hydrogen) atoms. The van der Waals surface area contributed by atoms with Crippen LogP contribution in [-0.4, -0.2) is 29.1 Å². The Labute approximate surface area is 93.5 Å². The summed E-state index contributed by atoms with van der Waals surface area (Å²) in [6.45, 7) is 1.92. The number of hydrogen-bond donors (Lipinski definition) is 1. The molecule has 1 aliphatic rings. The van der Waals surface area contributed by atoms with Gasteiger partial charge in [0.2, 0.25) is 0 Å². The maximum absolute atomic E-state index is 12.9. The molecule has 3 nitrogen and oxygen atoms in total. The van der Waals surface area contributed by atoms with Crippen LogP contribution in [0.25, 0.3) is 0 Å². The van der Waals surface area contributed by atoms with Crippen molar-refractivity contribution in [3.05, 3.63) is 35.6 Å². The molecule has 85 valence electrons. The molecule has 1 aromatic carbocycles. The van der Waals surface area contributed by atoms with Crippen molar-refractivity contribution in [2.24, 2.45) is 5.92 Å². The average Bonchev–Trinajstić information content (AvgIpc) is 2.66. The lowest BCUT2D eigenvalue weighted by atomic mass is 10.1. The van der Waals surface area contributed by atoms with Crippen LogP contribution < -0.4 is 0 Å². The molecule has 1 N–H and O–H groups in total. The van der Waals surface area contributed by atoms with Gasteiger partial charge in [0.05, 0.1) is 5.92 Å². The minimum Gasteiger partial charge on any atom is -0.481 e. The van der Waals surface area contributed by atoms with E-state index in [1.807, 2.05) is 4.90 Å². The molecule has 1 saturated heterocycles. The number of rotatable bonds is 3. The first-order valence-electron chi connectivity index (χ1n) is 5.26. The van der Waals surface area contributed by atoms with E-state index in [1.165, 1.54) is 6.07 Å². The van der Waals surface area contributed by atoms with Crippen molar-refractivity contribution in [1.82, 2.24) is 4.90 Å². The number of nitrogens with zero attached hydrogens (tertiary/aromatic N) is 1. The molecule has 1 heterocycles. The highest BCUT2D eigenvalue weighted by Gasteiger charge is 2.27. The fourth-order valence-corrected chi connectivity index (χ4v) is 2.02. The third kappa shape index (κ3) is 2.58. The van der Waals surface area contributed by atoms with E-state index in [0.29, 0.717) is 19.5 Å². The zero-order chi connectivity index (χ0) is 11.5. The van der Waals surface area contributed by atoms with Gasteiger partial charge in [-0.2, -0.15) is 0 Å². The molecule has 0 bridgehead atoms. The number of carboxylic acids is 1. The largest absolute Gasteiger partial charge is 0.481 e. The van der Waals surface area contributed by atoms with E-state index in [4.69, 9.17) is 5.11 Å². The first-order valence-corrected chi connectivity index (χ1v) is 5.26. The highest BCUT2D eigenvalue weighted by molar-refractivity contribution is 5.70. The highest BCUT2D eigenvalue weighted by Crippen LogP contribution is 2.18. The van der Waals surface area contributed by atoms with Gasteiger partial charge in [0, 0.05) is 19.2 Å². The summed E-state index contributed by atoms with van der Waals surface area (Å²) in [7, 11) is 0. The molecule has 1 radical (unpaired) electrons. The first kappa shape index (κ1) is 11.1. The van der Waals surface area contributed by atoms with Gasteiger partial charge in [-0.05, 0) is 24.6 Å². The second-order valence-electron chi connectivity index (χ2n) is 4.10. The normalized spacial score (nSPS) is 21.2. The van der Waals surface area contributed by atoms with Crippen molar-refractivity contribution in [1.29, 1.82) is 0 Å². The van der Waals surface area contributed by atoms with Crippen LogP contribution in [0.2, 0.25) is 0 Å². The zero-order valence-electron chi connectivity index (χ0n) is 8.82. The molecular weight excluding hydrogens is 209 g/mol. The van der Waals surface area contributed by atoms with Crippen LogP contribution in [0.5, 0.6) is 0 Å². The predicted molar refractivity (Wildman–Crippen MR) is 56.3 cm³/mol. The van der Waals surface area contributed by atoms with Gasteiger partial charge in [-0.25, -0.2) is 4.39 Å². The average molecular weight is 222 g/mol. The van der Waals surface area contributed by atoms with Gasteiger partial charge >= 0.3 is 5.97 Å². The topological polar surface area (TPSA) is 40.5 Å². The van der Waals surface area contributed by atoms with Crippen LogP contribution in [0.4, 0.5) is 4.39 Å².